The summed E-state index contributed by atoms with van der Waals surface area (Å²) in [5.74, 6) is -0.474. The number of ether oxygens (including phenoxy) is 1. The lowest BCUT2D eigenvalue weighted by molar-refractivity contribution is -0.139. The van der Waals surface area contributed by atoms with Crippen LogP contribution in [0, 0.1) is 0 Å². The highest BCUT2D eigenvalue weighted by Crippen LogP contribution is 2.61. The Labute approximate surface area is 123 Å². The maximum atomic E-state index is 11.0. The van der Waals surface area contributed by atoms with Crippen molar-refractivity contribution < 1.29 is 38.2 Å². The summed E-state index contributed by atoms with van der Waals surface area (Å²) in [4.78, 5) is 46.7. The van der Waals surface area contributed by atoms with Gasteiger partial charge in [-0.2, -0.15) is 0 Å². The number of carbonyl (C=O) groups excluding carboxylic acids is 1. The van der Waals surface area contributed by atoms with Crippen molar-refractivity contribution in [2.75, 3.05) is 6.61 Å². The molecule has 0 aromatic rings. The van der Waals surface area contributed by atoms with Crippen molar-refractivity contribution in [1.29, 1.82) is 0 Å². The average molecular weight is 344 g/mol. The van der Waals surface area contributed by atoms with Crippen LogP contribution in [0.5, 0.6) is 0 Å². The molecule has 0 spiro atoms. The van der Waals surface area contributed by atoms with E-state index in [1.165, 1.54) is 6.92 Å². The van der Waals surface area contributed by atoms with Gasteiger partial charge in [0.1, 0.15) is 0 Å². The van der Waals surface area contributed by atoms with E-state index in [1.807, 2.05) is 0 Å². The van der Waals surface area contributed by atoms with Crippen molar-refractivity contribution in [2.24, 2.45) is 0 Å². The minimum Gasteiger partial charge on any atom is -0.462 e. The zero-order chi connectivity index (χ0) is 16.7. The summed E-state index contributed by atoms with van der Waals surface area (Å²) >= 11 is 0. The summed E-state index contributed by atoms with van der Waals surface area (Å²) in [5, 5.41) is -1.94. The van der Waals surface area contributed by atoms with E-state index < -0.39 is 26.6 Å². The first-order valence-electron chi connectivity index (χ1n) is 6.39. The highest BCUT2D eigenvalue weighted by atomic mass is 31.2. The molecule has 0 heterocycles. The van der Waals surface area contributed by atoms with Gasteiger partial charge in [0.15, 0.2) is 5.40 Å². The van der Waals surface area contributed by atoms with Gasteiger partial charge in [0.25, 0.3) is 0 Å². The third-order valence-corrected chi connectivity index (χ3v) is 6.59. The fourth-order valence-electron chi connectivity index (χ4n) is 1.60. The van der Waals surface area contributed by atoms with Crippen LogP contribution >= 0.6 is 15.2 Å². The molecule has 0 unspecified atom stereocenters. The molecule has 0 aromatic carbocycles. The van der Waals surface area contributed by atoms with Crippen molar-refractivity contribution in [3.63, 3.8) is 0 Å². The lowest BCUT2D eigenvalue weighted by Crippen LogP contribution is -2.09. The summed E-state index contributed by atoms with van der Waals surface area (Å²) in [7, 11) is -9.65. The summed E-state index contributed by atoms with van der Waals surface area (Å²) in [6.45, 7) is 5.18. The Bertz CT molecular complexity index is 427. The van der Waals surface area contributed by atoms with E-state index in [-0.39, 0.29) is 19.4 Å². The highest BCUT2D eigenvalue weighted by Gasteiger charge is 2.42. The Kier molecular flexibility index (Phi) is 8.63. The molecule has 10 heteroatoms. The molecule has 21 heavy (non-hydrogen) atoms. The molecule has 4 N–H and O–H groups in total. The highest BCUT2D eigenvalue weighted by molar-refractivity contribution is 7.70. The maximum Gasteiger partial charge on any atom is 0.340 e. The predicted molar refractivity (Wildman–Crippen MR) is 76.7 cm³/mol. The molecule has 0 fully saturated rings. The van der Waals surface area contributed by atoms with Crippen molar-refractivity contribution in [3.05, 3.63) is 12.2 Å². The van der Waals surface area contributed by atoms with Gasteiger partial charge < -0.3 is 24.3 Å². The second-order valence-electron chi connectivity index (χ2n) is 4.78. The van der Waals surface area contributed by atoms with Crippen molar-refractivity contribution in [1.82, 2.24) is 0 Å². The van der Waals surface area contributed by atoms with Crippen LogP contribution < -0.4 is 0 Å². The van der Waals surface area contributed by atoms with E-state index in [0.717, 1.165) is 0 Å². The van der Waals surface area contributed by atoms with Crippen LogP contribution in [-0.2, 0) is 18.7 Å². The largest absolute Gasteiger partial charge is 0.462 e. The van der Waals surface area contributed by atoms with Crippen LogP contribution in [0.2, 0.25) is 0 Å². The molecule has 0 radical (unpaired) electrons. The topological polar surface area (TPSA) is 141 Å². The summed E-state index contributed by atoms with van der Waals surface area (Å²) in [6, 6.07) is 0. The average Bonchev–Trinajstić information content (AvgIpc) is 2.28. The quantitative estimate of drug-likeness (QED) is 0.203. The summed E-state index contributed by atoms with van der Waals surface area (Å²) in [5.41, 5.74) is 0.307. The smallest absolute Gasteiger partial charge is 0.340 e. The van der Waals surface area contributed by atoms with Crippen molar-refractivity contribution in [2.45, 2.75) is 44.4 Å². The fourth-order valence-corrected chi connectivity index (χ4v) is 4.21. The van der Waals surface area contributed by atoms with Gasteiger partial charge in [-0.3, -0.25) is 9.13 Å². The molecule has 0 aliphatic rings. The lowest BCUT2D eigenvalue weighted by atomic mass is 10.2. The van der Waals surface area contributed by atoms with Gasteiger partial charge in [0.2, 0.25) is 0 Å². The minimum atomic E-state index is -4.83. The van der Waals surface area contributed by atoms with E-state index in [2.05, 4.69) is 6.58 Å². The molecule has 8 nitrogen and oxygen atoms in total. The van der Waals surface area contributed by atoms with Crippen molar-refractivity contribution >= 4 is 21.2 Å². The second-order valence-corrected chi connectivity index (χ2v) is 8.79. The number of hydrogen-bond donors (Lipinski definition) is 4. The monoisotopic (exact) mass is 344 g/mol. The molecule has 0 aliphatic carbocycles. The number of carbonyl (C=O) groups is 1. The fraction of sp³-hybridized carbons (Fsp3) is 0.727. The van der Waals surface area contributed by atoms with Crippen molar-refractivity contribution in [3.8, 4) is 0 Å². The lowest BCUT2D eigenvalue weighted by Gasteiger charge is -2.19. The van der Waals surface area contributed by atoms with E-state index in [1.54, 1.807) is 0 Å². The van der Waals surface area contributed by atoms with Gasteiger partial charge in [-0.1, -0.05) is 25.8 Å². The molecule has 0 saturated carbocycles. The molecule has 0 atom stereocenters. The SMILES string of the molecule is C=C(C)C(=O)OCCCCCCC(P(=O)(O)O)P(=O)(O)O. The van der Waals surface area contributed by atoms with Gasteiger partial charge in [-0.05, 0) is 19.8 Å². The first kappa shape index (κ1) is 20.5. The minimum absolute atomic E-state index is 0.214. The zero-order valence-corrected chi connectivity index (χ0v) is 13.6. The van der Waals surface area contributed by atoms with Gasteiger partial charge in [0, 0.05) is 5.57 Å². The maximum absolute atomic E-state index is 11.0. The molecule has 0 bridgehead atoms. The van der Waals surface area contributed by atoms with Crippen LogP contribution in [0.15, 0.2) is 12.2 Å². The van der Waals surface area contributed by atoms with Gasteiger partial charge >= 0.3 is 21.2 Å². The Morgan fingerprint density at radius 1 is 1.05 bits per heavy atom. The van der Waals surface area contributed by atoms with Gasteiger partial charge in [-0.25, -0.2) is 4.79 Å². The molecule has 0 amide bonds. The normalized spacial score (nSPS) is 12.5. The third kappa shape index (κ3) is 9.19. The van der Waals surface area contributed by atoms with E-state index in [4.69, 9.17) is 24.3 Å². The first-order chi connectivity index (χ1) is 9.46. The van der Waals surface area contributed by atoms with E-state index in [0.29, 0.717) is 24.8 Å². The summed E-state index contributed by atoms with van der Waals surface area (Å²) in [6.07, 6.45) is 1.74. The van der Waals surface area contributed by atoms with Gasteiger partial charge in [-0.15, -0.1) is 0 Å². The Hall–Kier alpha value is -0.490. The predicted octanol–water partition coefficient (Wildman–Crippen LogP) is 1.74. The number of esters is 1. The Morgan fingerprint density at radius 2 is 1.52 bits per heavy atom. The summed E-state index contributed by atoms with van der Waals surface area (Å²) < 4.78 is 26.9. The number of unbranched alkanes of at least 4 members (excludes halogenated alkanes) is 3. The second kappa shape index (κ2) is 8.83. The molecule has 0 aliphatic heterocycles. The van der Waals surface area contributed by atoms with Gasteiger partial charge in [0.05, 0.1) is 6.61 Å². The van der Waals surface area contributed by atoms with E-state index >= 15 is 0 Å². The molecular formula is C11H22O8P2. The Balaban J connectivity index is 3.94. The zero-order valence-electron chi connectivity index (χ0n) is 11.8. The Morgan fingerprint density at radius 3 is 1.95 bits per heavy atom. The first-order valence-corrected chi connectivity index (χ1v) is 9.75. The number of hydrogen-bond acceptors (Lipinski definition) is 4. The molecule has 0 aromatic heterocycles. The van der Waals surface area contributed by atoms with Crippen LogP contribution in [0.3, 0.4) is 0 Å². The van der Waals surface area contributed by atoms with E-state index in [9.17, 15) is 13.9 Å². The van der Waals surface area contributed by atoms with Crippen LogP contribution in [0.1, 0.15) is 39.0 Å². The molecule has 0 saturated heterocycles. The molecule has 0 rings (SSSR count). The van der Waals surface area contributed by atoms with Crippen LogP contribution in [0.4, 0.5) is 0 Å². The number of rotatable bonds is 10. The van der Waals surface area contributed by atoms with Crippen LogP contribution in [0.25, 0.3) is 0 Å². The molecule has 124 valence electrons. The van der Waals surface area contributed by atoms with Crippen LogP contribution in [-0.4, -0.2) is 37.5 Å². The third-order valence-electron chi connectivity index (χ3n) is 2.71. The standard InChI is InChI=1S/C11H22O8P2/c1-9(2)11(12)19-8-6-4-3-5-7-10(20(13,14)15)21(16,17)18/h10H,1,3-8H2,2H3,(H2,13,14,15)(H2,16,17,18). The molecular weight excluding hydrogens is 322 g/mol.